The highest BCUT2D eigenvalue weighted by Crippen LogP contribution is 2.31. The van der Waals surface area contributed by atoms with E-state index in [1.165, 1.54) is 0 Å². The first-order valence-corrected chi connectivity index (χ1v) is 5.25. The van der Waals surface area contributed by atoms with E-state index in [4.69, 9.17) is 10.00 Å². The van der Waals surface area contributed by atoms with Crippen molar-refractivity contribution in [2.24, 2.45) is 0 Å². The molecule has 0 bridgehead atoms. The number of pyridine rings is 1. The highest BCUT2D eigenvalue weighted by Gasteiger charge is 2.10. The summed E-state index contributed by atoms with van der Waals surface area (Å²) in [5.74, 6) is 0.724. The predicted octanol–water partition coefficient (Wildman–Crippen LogP) is 2.94. The minimum Gasteiger partial charge on any atom is -0.496 e. The van der Waals surface area contributed by atoms with Crippen LogP contribution in [0.15, 0.2) is 36.7 Å². The monoisotopic (exact) mass is 224 g/mol. The van der Waals surface area contributed by atoms with E-state index in [9.17, 15) is 0 Å². The normalized spacial score (nSPS) is 9.71. The van der Waals surface area contributed by atoms with Crippen LogP contribution in [0.1, 0.15) is 11.1 Å². The summed E-state index contributed by atoms with van der Waals surface area (Å²) in [4.78, 5) is 4.09. The second kappa shape index (κ2) is 4.67. The van der Waals surface area contributed by atoms with Gasteiger partial charge in [-0.2, -0.15) is 5.26 Å². The van der Waals surface area contributed by atoms with Gasteiger partial charge in [-0.05, 0) is 25.1 Å². The second-order valence-electron chi connectivity index (χ2n) is 3.74. The van der Waals surface area contributed by atoms with Gasteiger partial charge in [0.05, 0.1) is 18.7 Å². The van der Waals surface area contributed by atoms with E-state index in [0.29, 0.717) is 5.56 Å². The Morgan fingerprint density at radius 3 is 2.76 bits per heavy atom. The molecule has 0 spiro atoms. The molecule has 1 heterocycles. The summed E-state index contributed by atoms with van der Waals surface area (Å²) >= 11 is 0. The molecular weight excluding hydrogens is 212 g/mol. The fourth-order valence-electron chi connectivity index (χ4n) is 1.74. The molecule has 0 aliphatic rings. The van der Waals surface area contributed by atoms with Crippen LogP contribution in [-0.2, 0) is 0 Å². The standard InChI is InChI=1S/C14H12N2O/c1-10-3-4-11(8-15)12(7-10)13-9-16-6-5-14(13)17-2/h3-7,9H,1-2H3. The number of hydrogen-bond acceptors (Lipinski definition) is 3. The number of aryl methyl sites for hydroxylation is 1. The van der Waals surface area contributed by atoms with E-state index in [1.54, 1.807) is 25.6 Å². The minimum absolute atomic E-state index is 0.627. The zero-order valence-electron chi connectivity index (χ0n) is 9.77. The third-order valence-corrected chi connectivity index (χ3v) is 2.59. The topological polar surface area (TPSA) is 45.9 Å². The molecule has 0 aliphatic carbocycles. The number of rotatable bonds is 2. The maximum atomic E-state index is 9.12. The molecule has 0 radical (unpaired) electrons. The molecule has 0 aliphatic heterocycles. The molecule has 3 heteroatoms. The van der Waals surface area contributed by atoms with Gasteiger partial charge < -0.3 is 4.74 Å². The Labute approximate surface area is 100 Å². The number of hydrogen-bond donors (Lipinski definition) is 0. The molecular formula is C14H12N2O. The Morgan fingerprint density at radius 2 is 2.06 bits per heavy atom. The van der Waals surface area contributed by atoms with Crippen molar-refractivity contribution in [3.8, 4) is 22.9 Å². The van der Waals surface area contributed by atoms with Gasteiger partial charge in [-0.15, -0.1) is 0 Å². The van der Waals surface area contributed by atoms with Crippen molar-refractivity contribution in [3.63, 3.8) is 0 Å². The molecule has 0 saturated carbocycles. The summed E-state index contributed by atoms with van der Waals surface area (Å²) < 4.78 is 5.29. The lowest BCUT2D eigenvalue weighted by Gasteiger charge is -2.09. The zero-order valence-corrected chi connectivity index (χ0v) is 9.77. The maximum Gasteiger partial charge on any atom is 0.129 e. The average molecular weight is 224 g/mol. The quantitative estimate of drug-likeness (QED) is 0.787. The van der Waals surface area contributed by atoms with Crippen LogP contribution in [0.25, 0.3) is 11.1 Å². The van der Waals surface area contributed by atoms with Crippen molar-refractivity contribution < 1.29 is 4.74 Å². The van der Waals surface area contributed by atoms with Crippen molar-refractivity contribution in [1.82, 2.24) is 4.98 Å². The molecule has 1 aromatic heterocycles. The number of benzene rings is 1. The third kappa shape index (κ3) is 2.11. The number of nitriles is 1. The van der Waals surface area contributed by atoms with Gasteiger partial charge >= 0.3 is 0 Å². The zero-order chi connectivity index (χ0) is 12.3. The Bertz CT molecular complexity index is 585. The highest BCUT2D eigenvalue weighted by molar-refractivity contribution is 5.75. The molecule has 2 rings (SSSR count). The Morgan fingerprint density at radius 1 is 1.24 bits per heavy atom. The minimum atomic E-state index is 0.627. The summed E-state index contributed by atoms with van der Waals surface area (Å²) in [7, 11) is 1.61. The molecule has 0 saturated heterocycles. The highest BCUT2D eigenvalue weighted by atomic mass is 16.5. The van der Waals surface area contributed by atoms with Crippen LogP contribution in [0.2, 0.25) is 0 Å². The molecule has 1 aromatic carbocycles. The Hall–Kier alpha value is -2.34. The van der Waals surface area contributed by atoms with Crippen molar-refractivity contribution in [3.05, 3.63) is 47.8 Å². The lowest BCUT2D eigenvalue weighted by Crippen LogP contribution is -1.92. The van der Waals surface area contributed by atoms with Gasteiger partial charge in [-0.25, -0.2) is 0 Å². The first kappa shape index (κ1) is 11.2. The lowest BCUT2D eigenvalue weighted by atomic mass is 9.99. The van der Waals surface area contributed by atoms with Gasteiger partial charge in [0.15, 0.2) is 0 Å². The van der Waals surface area contributed by atoms with Gasteiger partial charge in [-0.3, -0.25) is 4.98 Å². The fourth-order valence-corrected chi connectivity index (χ4v) is 1.74. The van der Waals surface area contributed by atoms with Gasteiger partial charge in [-0.1, -0.05) is 11.6 Å². The second-order valence-corrected chi connectivity index (χ2v) is 3.74. The van der Waals surface area contributed by atoms with E-state index in [2.05, 4.69) is 11.1 Å². The Balaban J connectivity index is 2.68. The summed E-state index contributed by atoms with van der Waals surface area (Å²) in [5, 5.41) is 9.12. The summed E-state index contributed by atoms with van der Waals surface area (Å²) in [5.41, 5.74) is 3.43. The van der Waals surface area contributed by atoms with E-state index >= 15 is 0 Å². The number of ether oxygens (including phenoxy) is 1. The average Bonchev–Trinajstić information content (AvgIpc) is 2.38. The molecule has 0 unspecified atom stereocenters. The van der Waals surface area contributed by atoms with Crippen LogP contribution in [0.4, 0.5) is 0 Å². The summed E-state index contributed by atoms with van der Waals surface area (Å²) in [6.45, 7) is 1.99. The van der Waals surface area contributed by atoms with Gasteiger partial charge in [0.2, 0.25) is 0 Å². The number of methoxy groups -OCH3 is 1. The van der Waals surface area contributed by atoms with Crippen LogP contribution in [0, 0.1) is 18.3 Å². The molecule has 0 fully saturated rings. The first-order chi connectivity index (χ1) is 8.26. The predicted molar refractivity (Wildman–Crippen MR) is 65.7 cm³/mol. The summed E-state index contributed by atoms with van der Waals surface area (Å²) in [6.07, 6.45) is 3.39. The van der Waals surface area contributed by atoms with Crippen LogP contribution in [0.5, 0.6) is 5.75 Å². The van der Waals surface area contributed by atoms with Crippen LogP contribution >= 0.6 is 0 Å². The third-order valence-electron chi connectivity index (χ3n) is 2.59. The van der Waals surface area contributed by atoms with E-state index in [-0.39, 0.29) is 0 Å². The molecule has 84 valence electrons. The van der Waals surface area contributed by atoms with Gasteiger partial charge in [0.25, 0.3) is 0 Å². The van der Waals surface area contributed by atoms with Gasteiger partial charge in [0, 0.05) is 23.5 Å². The largest absolute Gasteiger partial charge is 0.496 e. The molecule has 0 atom stereocenters. The smallest absolute Gasteiger partial charge is 0.129 e. The maximum absolute atomic E-state index is 9.12. The van der Waals surface area contributed by atoms with Crippen LogP contribution in [0.3, 0.4) is 0 Å². The fraction of sp³-hybridized carbons (Fsp3) is 0.143. The molecule has 0 N–H and O–H groups in total. The summed E-state index contributed by atoms with van der Waals surface area (Å²) in [6, 6.07) is 9.69. The van der Waals surface area contributed by atoms with E-state index in [0.717, 1.165) is 22.4 Å². The van der Waals surface area contributed by atoms with Crippen molar-refractivity contribution in [2.45, 2.75) is 6.92 Å². The SMILES string of the molecule is COc1ccncc1-c1cc(C)ccc1C#N. The van der Waals surface area contributed by atoms with Gasteiger partial charge in [0.1, 0.15) is 5.75 Å². The van der Waals surface area contributed by atoms with Crippen LogP contribution in [-0.4, -0.2) is 12.1 Å². The first-order valence-electron chi connectivity index (χ1n) is 5.25. The van der Waals surface area contributed by atoms with Crippen molar-refractivity contribution >= 4 is 0 Å². The Kier molecular flexibility index (Phi) is 3.06. The number of aromatic nitrogens is 1. The van der Waals surface area contributed by atoms with Crippen molar-refractivity contribution in [2.75, 3.05) is 7.11 Å². The molecule has 2 aromatic rings. The molecule has 0 amide bonds. The van der Waals surface area contributed by atoms with E-state index in [1.807, 2.05) is 25.1 Å². The van der Waals surface area contributed by atoms with Crippen LogP contribution < -0.4 is 4.74 Å². The molecule has 3 nitrogen and oxygen atoms in total. The van der Waals surface area contributed by atoms with E-state index < -0.39 is 0 Å². The number of nitrogens with zero attached hydrogens (tertiary/aromatic N) is 2. The van der Waals surface area contributed by atoms with Crippen molar-refractivity contribution in [1.29, 1.82) is 5.26 Å². The molecule has 17 heavy (non-hydrogen) atoms. The lowest BCUT2D eigenvalue weighted by molar-refractivity contribution is 0.416.